The number of rotatable bonds is 8. The van der Waals surface area contributed by atoms with Crippen LogP contribution in [0.3, 0.4) is 0 Å². The number of hydrogen-bond acceptors (Lipinski definition) is 11. The third-order valence-electron chi connectivity index (χ3n) is 3.88. The Morgan fingerprint density at radius 2 is 1.62 bits per heavy atom. The predicted octanol–water partition coefficient (Wildman–Crippen LogP) is 8.56. The largest absolute Gasteiger partial charge is 0.505 e. The van der Waals surface area contributed by atoms with Crippen LogP contribution in [0.25, 0.3) is 16.7 Å². The zero-order valence-corrected chi connectivity index (χ0v) is 22.6. The quantitative estimate of drug-likeness (QED) is 0.166. The zero-order valence-electron chi connectivity index (χ0n) is 16.0. The maximum absolute atomic E-state index is 10.9. The van der Waals surface area contributed by atoms with E-state index in [1.807, 2.05) is 37.3 Å². The van der Waals surface area contributed by atoms with E-state index in [1.165, 1.54) is 14.6 Å². The summed E-state index contributed by atoms with van der Waals surface area (Å²) in [4.78, 5) is 2.66. The van der Waals surface area contributed by atoms with Crippen molar-refractivity contribution in [2.45, 2.75) is 38.0 Å². The second-order valence-electron chi connectivity index (χ2n) is 7.07. The van der Waals surface area contributed by atoms with Crippen LogP contribution in [0.5, 0.6) is 5.75 Å². The second kappa shape index (κ2) is 10.8. The van der Waals surface area contributed by atoms with E-state index in [0.29, 0.717) is 5.69 Å². The highest BCUT2D eigenvalue weighted by atomic mass is 34.0. The van der Waals surface area contributed by atoms with Gasteiger partial charge in [0.25, 0.3) is 0 Å². The maximum atomic E-state index is 10.9. The standard InChI is InChI=1S/C17H19N3OS8/c1-10-7-12(17(2,3)4)16(21)15(8-10)20-18-13-6-5-11(9-14(13)19-20)23-25-27-29-28-26-24-22/h5-9,21-22H,1-4H3. The molecule has 1 heterocycles. The molecule has 0 saturated heterocycles. The fourth-order valence-corrected chi connectivity index (χ4v) is 16.6. The highest BCUT2D eigenvalue weighted by Crippen LogP contribution is 2.56. The van der Waals surface area contributed by atoms with Gasteiger partial charge in [-0.25, -0.2) is 0 Å². The normalized spacial score (nSPS) is 12.0. The molecule has 3 aromatic rings. The molecule has 3 rings (SSSR count). The van der Waals surface area contributed by atoms with Crippen LogP contribution in [0, 0.1) is 6.92 Å². The number of thiol groups is 1. The molecule has 0 fully saturated rings. The van der Waals surface area contributed by atoms with Gasteiger partial charge >= 0.3 is 0 Å². The van der Waals surface area contributed by atoms with Crippen LogP contribution in [0.4, 0.5) is 0 Å². The van der Waals surface area contributed by atoms with Gasteiger partial charge < -0.3 is 5.11 Å². The Balaban J connectivity index is 1.81. The third kappa shape index (κ3) is 6.47. The van der Waals surface area contributed by atoms with Gasteiger partial charge in [-0.15, -0.1) is 15.0 Å². The minimum Gasteiger partial charge on any atom is -0.505 e. The monoisotopic (exact) mass is 537 g/mol. The van der Waals surface area contributed by atoms with Crippen molar-refractivity contribution in [2.75, 3.05) is 0 Å². The van der Waals surface area contributed by atoms with Gasteiger partial charge in [0.2, 0.25) is 0 Å². The van der Waals surface area contributed by atoms with Crippen molar-refractivity contribution in [3.05, 3.63) is 41.5 Å². The first-order valence-electron chi connectivity index (χ1n) is 8.32. The summed E-state index contributed by atoms with van der Waals surface area (Å²) < 4.78 is 0. The molecule has 4 nitrogen and oxygen atoms in total. The smallest absolute Gasteiger partial charge is 0.146 e. The number of nitrogens with zero attached hydrogens (tertiary/aromatic N) is 3. The Bertz CT molecular complexity index is 989. The van der Waals surface area contributed by atoms with Crippen molar-refractivity contribution in [1.29, 1.82) is 0 Å². The average molecular weight is 538 g/mol. The van der Waals surface area contributed by atoms with Gasteiger partial charge in [0.05, 0.1) is 0 Å². The summed E-state index contributed by atoms with van der Waals surface area (Å²) in [6, 6.07) is 9.99. The topological polar surface area (TPSA) is 50.9 Å². The Labute approximate surface area is 201 Å². The third-order valence-corrected chi connectivity index (χ3v) is 17.1. The van der Waals surface area contributed by atoms with Crippen LogP contribution in [-0.2, 0) is 5.41 Å². The molecule has 12 heteroatoms. The molecule has 29 heavy (non-hydrogen) atoms. The molecule has 0 aliphatic heterocycles. The molecule has 1 N–H and O–H groups in total. The van der Waals surface area contributed by atoms with Gasteiger partial charge in [-0.1, -0.05) is 38.5 Å². The number of phenolic OH excluding ortho intramolecular Hbond substituents is 1. The SMILES string of the molecule is Cc1cc(-n2nc3ccc(SSSSSSSS)cc3n2)c(O)c(C(C)(C)C)c1. The summed E-state index contributed by atoms with van der Waals surface area (Å²) in [6.07, 6.45) is 0. The van der Waals surface area contributed by atoms with E-state index in [9.17, 15) is 5.11 Å². The first kappa shape index (κ1) is 24.1. The minimum absolute atomic E-state index is 0.170. The van der Waals surface area contributed by atoms with Gasteiger partial charge in [-0.2, -0.15) is 0 Å². The second-order valence-corrected chi connectivity index (χ2v) is 19.0. The lowest BCUT2D eigenvalue weighted by Crippen LogP contribution is -2.13. The fourth-order valence-electron chi connectivity index (χ4n) is 2.64. The lowest BCUT2D eigenvalue weighted by atomic mass is 9.85. The van der Waals surface area contributed by atoms with Gasteiger partial charge in [0, 0.05) is 10.5 Å². The summed E-state index contributed by atoms with van der Waals surface area (Å²) in [5, 5.41) is 20.1. The molecule has 0 amide bonds. The molecule has 0 aliphatic carbocycles. The Morgan fingerprint density at radius 3 is 2.34 bits per heavy atom. The number of aromatic hydroxyl groups is 1. The summed E-state index contributed by atoms with van der Waals surface area (Å²) >= 11 is 4.09. The van der Waals surface area contributed by atoms with Crippen molar-refractivity contribution >= 4 is 92.4 Å². The molecule has 0 aliphatic rings. The fraction of sp³-hybridized carbons (Fsp3) is 0.294. The molecular formula is C17H19N3OS8. The van der Waals surface area contributed by atoms with Crippen molar-refractivity contribution in [2.24, 2.45) is 0 Å². The van der Waals surface area contributed by atoms with E-state index >= 15 is 0 Å². The van der Waals surface area contributed by atoms with E-state index in [1.54, 1.807) is 59.9 Å². The molecule has 0 bridgehead atoms. The zero-order chi connectivity index (χ0) is 21.0. The molecule has 0 unspecified atom stereocenters. The van der Waals surface area contributed by atoms with Crippen LogP contribution in [-0.4, -0.2) is 20.1 Å². The molecule has 2 aromatic carbocycles. The molecule has 1 aromatic heterocycles. The molecule has 0 radical (unpaired) electrons. The lowest BCUT2D eigenvalue weighted by Gasteiger charge is -2.22. The minimum atomic E-state index is -0.170. The predicted molar refractivity (Wildman–Crippen MR) is 144 cm³/mol. The van der Waals surface area contributed by atoms with Crippen LogP contribution in [0.15, 0.2) is 35.2 Å². The van der Waals surface area contributed by atoms with Gasteiger partial charge in [-0.3, -0.25) is 0 Å². The summed E-state index contributed by atoms with van der Waals surface area (Å²) in [6.45, 7) is 8.29. The van der Waals surface area contributed by atoms with E-state index in [-0.39, 0.29) is 11.2 Å². The Kier molecular flexibility index (Phi) is 9.01. The van der Waals surface area contributed by atoms with Crippen molar-refractivity contribution in [3.63, 3.8) is 0 Å². The van der Waals surface area contributed by atoms with Gasteiger partial charge in [-0.05, 0) is 112 Å². The lowest BCUT2D eigenvalue weighted by molar-refractivity contribution is 0.440. The molecule has 0 saturated carbocycles. The van der Waals surface area contributed by atoms with Crippen molar-refractivity contribution in [1.82, 2.24) is 15.0 Å². The Hall–Kier alpha value is 0.440. The van der Waals surface area contributed by atoms with Gasteiger partial charge in [0.1, 0.15) is 22.5 Å². The number of aryl methyl sites for hydroxylation is 1. The van der Waals surface area contributed by atoms with E-state index in [4.69, 9.17) is 0 Å². The van der Waals surface area contributed by atoms with Crippen LogP contribution in [0.2, 0.25) is 0 Å². The summed E-state index contributed by atoms with van der Waals surface area (Å²) in [5.74, 6) is 0.233. The maximum Gasteiger partial charge on any atom is 0.146 e. The highest BCUT2D eigenvalue weighted by molar-refractivity contribution is 9.48. The van der Waals surface area contributed by atoms with Crippen LogP contribution in [0.1, 0.15) is 31.9 Å². The van der Waals surface area contributed by atoms with E-state index in [0.717, 1.165) is 27.1 Å². The molecule has 156 valence electrons. The summed E-state index contributed by atoms with van der Waals surface area (Å²) in [7, 11) is 11.6. The highest BCUT2D eigenvalue weighted by Gasteiger charge is 2.22. The van der Waals surface area contributed by atoms with Crippen molar-refractivity contribution < 1.29 is 5.11 Å². The number of fused-ring (bicyclic) bond motifs is 1. The average Bonchev–Trinajstić information content (AvgIpc) is 3.08. The van der Waals surface area contributed by atoms with Crippen LogP contribution < -0.4 is 0 Å². The number of aromatic nitrogens is 3. The number of benzene rings is 2. The number of hydrogen-bond donors (Lipinski definition) is 2. The van der Waals surface area contributed by atoms with Gasteiger partial charge in [0.15, 0.2) is 0 Å². The van der Waals surface area contributed by atoms with Crippen molar-refractivity contribution in [3.8, 4) is 11.4 Å². The van der Waals surface area contributed by atoms with E-state index < -0.39 is 0 Å². The Morgan fingerprint density at radius 1 is 0.931 bits per heavy atom. The summed E-state index contributed by atoms with van der Waals surface area (Å²) in [5.41, 5.74) is 4.01. The van der Waals surface area contributed by atoms with Crippen LogP contribution >= 0.6 is 81.4 Å². The molecule has 0 spiro atoms. The first-order chi connectivity index (χ1) is 13.8. The number of phenols is 1. The van der Waals surface area contributed by atoms with E-state index in [2.05, 4.69) is 42.6 Å². The molecular weight excluding hydrogens is 519 g/mol. The first-order valence-corrected chi connectivity index (χ1v) is 18.2. The molecule has 0 atom stereocenters.